The first kappa shape index (κ1) is 8.06. The van der Waals surface area contributed by atoms with Gasteiger partial charge in [-0.3, -0.25) is 0 Å². The van der Waals surface area contributed by atoms with Crippen LogP contribution >= 0.6 is 0 Å². The molecule has 0 radical (unpaired) electrons. The standard InChI is InChI=1S/C9H19N/c1-7(2)9-6-10-5-4-8(9)3/h7-10H,4-6H2,1-3H3/t8-,9+/m0/s1. The first-order valence-corrected chi connectivity index (χ1v) is 4.42. The summed E-state index contributed by atoms with van der Waals surface area (Å²) in [7, 11) is 0. The average molecular weight is 141 g/mol. The zero-order valence-corrected chi connectivity index (χ0v) is 7.35. The second kappa shape index (κ2) is 3.38. The summed E-state index contributed by atoms with van der Waals surface area (Å²) in [6, 6.07) is 0. The molecule has 1 saturated heterocycles. The predicted molar refractivity (Wildman–Crippen MR) is 45.0 cm³/mol. The van der Waals surface area contributed by atoms with Crippen molar-refractivity contribution in [3.05, 3.63) is 0 Å². The highest BCUT2D eigenvalue weighted by atomic mass is 14.9. The number of hydrogen-bond donors (Lipinski definition) is 1. The maximum absolute atomic E-state index is 3.45. The first-order valence-electron chi connectivity index (χ1n) is 4.42. The summed E-state index contributed by atoms with van der Waals surface area (Å²) in [5, 5.41) is 3.45. The van der Waals surface area contributed by atoms with Crippen LogP contribution in [0.5, 0.6) is 0 Å². The van der Waals surface area contributed by atoms with Gasteiger partial charge in [0.1, 0.15) is 0 Å². The normalized spacial score (nSPS) is 34.8. The van der Waals surface area contributed by atoms with Crippen molar-refractivity contribution in [3.8, 4) is 0 Å². The number of hydrogen-bond acceptors (Lipinski definition) is 1. The fourth-order valence-corrected chi connectivity index (χ4v) is 1.91. The molecule has 0 aromatic rings. The van der Waals surface area contributed by atoms with Crippen LogP contribution in [0.4, 0.5) is 0 Å². The fourth-order valence-electron chi connectivity index (χ4n) is 1.91. The molecule has 1 aliphatic rings. The third-order valence-corrected chi connectivity index (χ3v) is 2.74. The van der Waals surface area contributed by atoms with Crippen LogP contribution in [-0.2, 0) is 0 Å². The molecule has 1 heteroatoms. The van der Waals surface area contributed by atoms with Crippen molar-refractivity contribution in [2.75, 3.05) is 13.1 Å². The molecule has 0 unspecified atom stereocenters. The highest BCUT2D eigenvalue weighted by Gasteiger charge is 2.23. The molecule has 2 atom stereocenters. The summed E-state index contributed by atoms with van der Waals surface area (Å²) < 4.78 is 0. The summed E-state index contributed by atoms with van der Waals surface area (Å²) in [6.45, 7) is 9.50. The largest absolute Gasteiger partial charge is 0.316 e. The van der Waals surface area contributed by atoms with Crippen LogP contribution in [0.25, 0.3) is 0 Å². The third-order valence-electron chi connectivity index (χ3n) is 2.74. The Bertz CT molecular complexity index is 98.9. The van der Waals surface area contributed by atoms with Crippen molar-refractivity contribution >= 4 is 0 Å². The van der Waals surface area contributed by atoms with Crippen LogP contribution in [0.2, 0.25) is 0 Å². The molecule has 0 aliphatic carbocycles. The predicted octanol–water partition coefficient (Wildman–Crippen LogP) is 1.89. The summed E-state index contributed by atoms with van der Waals surface area (Å²) in [4.78, 5) is 0. The van der Waals surface area contributed by atoms with Gasteiger partial charge in [0.15, 0.2) is 0 Å². The molecule has 0 bridgehead atoms. The van der Waals surface area contributed by atoms with Crippen molar-refractivity contribution in [2.45, 2.75) is 27.2 Å². The third kappa shape index (κ3) is 1.72. The summed E-state index contributed by atoms with van der Waals surface area (Å²) >= 11 is 0. The molecule has 0 aromatic carbocycles. The first-order chi connectivity index (χ1) is 4.72. The van der Waals surface area contributed by atoms with Gasteiger partial charge >= 0.3 is 0 Å². The maximum Gasteiger partial charge on any atom is -0.00155 e. The number of nitrogens with one attached hydrogen (secondary N) is 1. The highest BCUT2D eigenvalue weighted by molar-refractivity contribution is 4.76. The summed E-state index contributed by atoms with van der Waals surface area (Å²) in [5.41, 5.74) is 0. The fraction of sp³-hybridized carbons (Fsp3) is 1.00. The second-order valence-corrected chi connectivity index (χ2v) is 3.88. The van der Waals surface area contributed by atoms with E-state index in [-0.39, 0.29) is 0 Å². The lowest BCUT2D eigenvalue weighted by molar-refractivity contribution is 0.212. The molecule has 1 fully saturated rings. The highest BCUT2D eigenvalue weighted by Crippen LogP contribution is 2.24. The van der Waals surface area contributed by atoms with E-state index in [2.05, 4.69) is 26.1 Å². The molecular formula is C9H19N. The van der Waals surface area contributed by atoms with Gasteiger partial charge in [-0.1, -0.05) is 20.8 Å². The van der Waals surface area contributed by atoms with Gasteiger partial charge in [0.25, 0.3) is 0 Å². The van der Waals surface area contributed by atoms with Crippen LogP contribution in [0, 0.1) is 17.8 Å². The molecule has 1 N–H and O–H groups in total. The lowest BCUT2D eigenvalue weighted by atomic mass is 9.80. The molecule has 1 aliphatic heterocycles. The molecular weight excluding hydrogens is 122 g/mol. The van der Waals surface area contributed by atoms with E-state index in [0.717, 1.165) is 17.8 Å². The topological polar surface area (TPSA) is 12.0 Å². The lowest BCUT2D eigenvalue weighted by Gasteiger charge is -2.32. The van der Waals surface area contributed by atoms with Gasteiger partial charge < -0.3 is 5.32 Å². The second-order valence-electron chi connectivity index (χ2n) is 3.88. The Balaban J connectivity index is 2.40. The van der Waals surface area contributed by atoms with E-state index >= 15 is 0 Å². The number of piperidine rings is 1. The van der Waals surface area contributed by atoms with Gasteiger partial charge in [0, 0.05) is 0 Å². The monoisotopic (exact) mass is 141 g/mol. The molecule has 0 spiro atoms. The van der Waals surface area contributed by atoms with Crippen molar-refractivity contribution < 1.29 is 0 Å². The summed E-state index contributed by atoms with van der Waals surface area (Å²) in [5.74, 6) is 2.69. The van der Waals surface area contributed by atoms with E-state index in [1.54, 1.807) is 0 Å². The van der Waals surface area contributed by atoms with Crippen molar-refractivity contribution in [2.24, 2.45) is 17.8 Å². The van der Waals surface area contributed by atoms with Crippen LogP contribution in [0.3, 0.4) is 0 Å². The minimum absolute atomic E-state index is 0.850. The molecule has 1 rings (SSSR count). The lowest BCUT2D eigenvalue weighted by Crippen LogP contribution is -2.37. The minimum Gasteiger partial charge on any atom is -0.316 e. The Morgan fingerprint density at radius 3 is 2.50 bits per heavy atom. The summed E-state index contributed by atoms with van der Waals surface area (Å²) in [6.07, 6.45) is 1.36. The molecule has 0 saturated carbocycles. The van der Waals surface area contributed by atoms with Crippen molar-refractivity contribution in [1.82, 2.24) is 5.32 Å². The molecule has 1 nitrogen and oxygen atoms in total. The van der Waals surface area contributed by atoms with Crippen molar-refractivity contribution in [1.29, 1.82) is 0 Å². The molecule has 0 aromatic heterocycles. The average Bonchev–Trinajstić information content (AvgIpc) is 1.88. The van der Waals surface area contributed by atoms with Gasteiger partial charge in [-0.25, -0.2) is 0 Å². The minimum atomic E-state index is 0.850. The van der Waals surface area contributed by atoms with Crippen molar-refractivity contribution in [3.63, 3.8) is 0 Å². The molecule has 10 heavy (non-hydrogen) atoms. The van der Waals surface area contributed by atoms with E-state index in [0.29, 0.717) is 0 Å². The van der Waals surface area contributed by atoms with E-state index in [9.17, 15) is 0 Å². The molecule has 0 amide bonds. The number of rotatable bonds is 1. The van der Waals surface area contributed by atoms with E-state index in [4.69, 9.17) is 0 Å². The molecule has 1 heterocycles. The van der Waals surface area contributed by atoms with Crippen LogP contribution in [0.1, 0.15) is 27.2 Å². The maximum atomic E-state index is 3.45. The Kier molecular flexibility index (Phi) is 2.72. The van der Waals surface area contributed by atoms with Gasteiger partial charge in [0.2, 0.25) is 0 Å². The van der Waals surface area contributed by atoms with E-state index < -0.39 is 0 Å². The van der Waals surface area contributed by atoms with Crippen LogP contribution in [0.15, 0.2) is 0 Å². The SMILES string of the molecule is CC(C)[C@H]1CNCC[C@@H]1C. The quantitative estimate of drug-likeness (QED) is 0.588. The van der Waals surface area contributed by atoms with Gasteiger partial charge in [0.05, 0.1) is 0 Å². The van der Waals surface area contributed by atoms with Gasteiger partial charge in [-0.15, -0.1) is 0 Å². The Hall–Kier alpha value is -0.0400. The Morgan fingerprint density at radius 2 is 2.10 bits per heavy atom. The zero-order chi connectivity index (χ0) is 7.56. The van der Waals surface area contributed by atoms with E-state index in [1.807, 2.05) is 0 Å². The van der Waals surface area contributed by atoms with Gasteiger partial charge in [-0.05, 0) is 37.3 Å². The van der Waals surface area contributed by atoms with Crippen LogP contribution in [-0.4, -0.2) is 13.1 Å². The Labute approximate surface area is 64.2 Å². The van der Waals surface area contributed by atoms with Gasteiger partial charge in [-0.2, -0.15) is 0 Å². The Morgan fingerprint density at radius 1 is 1.40 bits per heavy atom. The van der Waals surface area contributed by atoms with E-state index in [1.165, 1.54) is 19.5 Å². The smallest absolute Gasteiger partial charge is 0.00155 e. The molecule has 60 valence electrons. The van der Waals surface area contributed by atoms with Crippen LogP contribution < -0.4 is 5.32 Å². The zero-order valence-electron chi connectivity index (χ0n) is 7.35.